The van der Waals surface area contributed by atoms with E-state index >= 15 is 0 Å². The molecule has 0 radical (unpaired) electrons. The Morgan fingerprint density at radius 3 is 2.21 bits per heavy atom. The Kier molecular flexibility index (Phi) is 5.29. The molecule has 3 aromatic carbocycles. The summed E-state index contributed by atoms with van der Waals surface area (Å²) in [5.74, 6) is -0.170. The summed E-state index contributed by atoms with van der Waals surface area (Å²) in [6.07, 6.45) is 1.74. The van der Waals surface area contributed by atoms with Crippen molar-refractivity contribution in [1.82, 2.24) is 4.98 Å². The number of rotatable bonds is 6. The van der Waals surface area contributed by atoms with Crippen LogP contribution in [0.1, 0.15) is 5.56 Å². The van der Waals surface area contributed by atoms with Crippen LogP contribution in [0.5, 0.6) is 5.75 Å². The van der Waals surface area contributed by atoms with Crippen LogP contribution in [0.4, 0.5) is 15.8 Å². The average Bonchev–Trinajstić information content (AvgIpc) is 2.75. The van der Waals surface area contributed by atoms with Gasteiger partial charge < -0.3 is 10.1 Å². The highest BCUT2D eigenvalue weighted by atomic mass is 19.1. The van der Waals surface area contributed by atoms with Gasteiger partial charge in [0.25, 0.3) is 0 Å². The standard InChI is InChI=1S/C24H19FN2O/c25-22-15-19(11-14-24(22)28-17-18-7-3-1-4-8-18)23-13-12-21(16-26-23)27-20-9-5-2-6-10-20/h1-16,27H,17H2. The van der Waals surface area contributed by atoms with Crippen LogP contribution in [0.3, 0.4) is 0 Å². The number of anilines is 2. The second-order valence-corrected chi connectivity index (χ2v) is 6.34. The van der Waals surface area contributed by atoms with E-state index in [4.69, 9.17) is 4.74 Å². The summed E-state index contributed by atoms with van der Waals surface area (Å²) in [4.78, 5) is 4.44. The third kappa shape index (κ3) is 4.35. The van der Waals surface area contributed by atoms with E-state index in [9.17, 15) is 4.39 Å². The van der Waals surface area contributed by atoms with Crippen LogP contribution in [-0.2, 0) is 6.61 Å². The number of nitrogens with one attached hydrogen (secondary N) is 1. The third-order valence-electron chi connectivity index (χ3n) is 4.29. The first-order valence-electron chi connectivity index (χ1n) is 9.03. The largest absolute Gasteiger partial charge is 0.486 e. The monoisotopic (exact) mass is 370 g/mol. The number of aromatic nitrogens is 1. The summed E-state index contributed by atoms with van der Waals surface area (Å²) in [7, 11) is 0. The highest BCUT2D eigenvalue weighted by Gasteiger charge is 2.08. The minimum absolute atomic E-state index is 0.231. The van der Waals surface area contributed by atoms with Gasteiger partial charge >= 0.3 is 0 Å². The normalized spacial score (nSPS) is 10.5. The fourth-order valence-corrected chi connectivity index (χ4v) is 2.84. The molecule has 0 aliphatic rings. The maximum Gasteiger partial charge on any atom is 0.165 e. The summed E-state index contributed by atoms with van der Waals surface area (Å²) in [6.45, 7) is 0.329. The lowest BCUT2D eigenvalue weighted by molar-refractivity contribution is 0.290. The van der Waals surface area contributed by atoms with Crippen LogP contribution in [0.15, 0.2) is 97.2 Å². The smallest absolute Gasteiger partial charge is 0.165 e. The second kappa shape index (κ2) is 8.35. The molecule has 1 N–H and O–H groups in total. The number of ether oxygens (including phenoxy) is 1. The van der Waals surface area contributed by atoms with E-state index in [-0.39, 0.29) is 5.75 Å². The molecule has 1 heterocycles. The van der Waals surface area contributed by atoms with Gasteiger partial charge in [0.05, 0.1) is 17.6 Å². The van der Waals surface area contributed by atoms with Crippen molar-refractivity contribution in [1.29, 1.82) is 0 Å². The van der Waals surface area contributed by atoms with Crippen molar-refractivity contribution in [3.05, 3.63) is 109 Å². The highest BCUT2D eigenvalue weighted by molar-refractivity contribution is 5.65. The predicted octanol–water partition coefficient (Wildman–Crippen LogP) is 6.21. The lowest BCUT2D eigenvalue weighted by Crippen LogP contribution is -1.97. The average molecular weight is 370 g/mol. The van der Waals surface area contributed by atoms with Crippen molar-refractivity contribution >= 4 is 11.4 Å². The van der Waals surface area contributed by atoms with Gasteiger partial charge in [-0.15, -0.1) is 0 Å². The summed E-state index contributed by atoms with van der Waals surface area (Å²) in [5, 5.41) is 3.28. The molecule has 0 bridgehead atoms. The Balaban J connectivity index is 1.45. The molecule has 3 nitrogen and oxygen atoms in total. The molecule has 0 amide bonds. The molecule has 0 aliphatic heterocycles. The topological polar surface area (TPSA) is 34.2 Å². The first-order chi connectivity index (χ1) is 13.8. The van der Waals surface area contributed by atoms with E-state index in [0.717, 1.165) is 16.9 Å². The number of nitrogens with zero attached hydrogens (tertiary/aromatic N) is 1. The van der Waals surface area contributed by atoms with Gasteiger partial charge in [-0.2, -0.15) is 0 Å². The zero-order valence-corrected chi connectivity index (χ0v) is 15.2. The van der Waals surface area contributed by atoms with Crippen molar-refractivity contribution in [2.24, 2.45) is 0 Å². The minimum Gasteiger partial charge on any atom is -0.486 e. The van der Waals surface area contributed by atoms with Crippen LogP contribution in [-0.4, -0.2) is 4.98 Å². The van der Waals surface area contributed by atoms with E-state index in [1.165, 1.54) is 6.07 Å². The van der Waals surface area contributed by atoms with Gasteiger partial charge in [-0.3, -0.25) is 4.98 Å². The summed E-state index contributed by atoms with van der Waals surface area (Å²) in [5.41, 5.74) is 4.26. The molecule has 0 aliphatic carbocycles. The lowest BCUT2D eigenvalue weighted by Gasteiger charge is -2.10. The van der Waals surface area contributed by atoms with Crippen LogP contribution < -0.4 is 10.1 Å². The number of hydrogen-bond acceptors (Lipinski definition) is 3. The van der Waals surface area contributed by atoms with Crippen molar-refractivity contribution in [2.45, 2.75) is 6.61 Å². The van der Waals surface area contributed by atoms with Gasteiger partial charge in [0.1, 0.15) is 6.61 Å². The molecule has 1 aromatic heterocycles. The number of hydrogen-bond donors (Lipinski definition) is 1. The number of pyridine rings is 1. The van der Waals surface area contributed by atoms with Gasteiger partial charge in [-0.05, 0) is 48.0 Å². The van der Waals surface area contributed by atoms with E-state index in [2.05, 4.69) is 10.3 Å². The van der Waals surface area contributed by atoms with E-state index < -0.39 is 5.82 Å². The predicted molar refractivity (Wildman–Crippen MR) is 110 cm³/mol. The van der Waals surface area contributed by atoms with Gasteiger partial charge in [0.2, 0.25) is 0 Å². The Morgan fingerprint density at radius 2 is 1.54 bits per heavy atom. The van der Waals surface area contributed by atoms with Gasteiger partial charge in [-0.25, -0.2) is 4.39 Å². The fraction of sp³-hybridized carbons (Fsp3) is 0.0417. The number of benzene rings is 3. The Bertz CT molecular complexity index is 1040. The minimum atomic E-state index is -0.401. The summed E-state index contributed by atoms with van der Waals surface area (Å²) >= 11 is 0. The Morgan fingerprint density at radius 1 is 0.786 bits per heavy atom. The maximum absolute atomic E-state index is 14.4. The number of para-hydroxylation sites is 1. The van der Waals surface area contributed by atoms with Crippen LogP contribution in [0.2, 0.25) is 0 Å². The molecule has 0 unspecified atom stereocenters. The molecule has 4 heteroatoms. The van der Waals surface area contributed by atoms with E-state index in [1.807, 2.05) is 78.9 Å². The summed E-state index contributed by atoms with van der Waals surface area (Å²) in [6, 6.07) is 28.3. The molecule has 0 fully saturated rings. The second-order valence-electron chi connectivity index (χ2n) is 6.34. The SMILES string of the molecule is Fc1cc(-c2ccc(Nc3ccccc3)cn2)ccc1OCc1ccccc1. The zero-order chi connectivity index (χ0) is 19.2. The fourth-order valence-electron chi connectivity index (χ4n) is 2.84. The molecule has 138 valence electrons. The molecule has 0 atom stereocenters. The molecule has 4 aromatic rings. The first-order valence-corrected chi connectivity index (χ1v) is 9.03. The maximum atomic E-state index is 14.4. The Labute approximate surface area is 163 Å². The van der Waals surface area contributed by atoms with Crippen LogP contribution >= 0.6 is 0 Å². The first kappa shape index (κ1) is 17.7. The van der Waals surface area contributed by atoms with Gasteiger partial charge in [0.15, 0.2) is 11.6 Å². The van der Waals surface area contributed by atoms with Crippen LogP contribution in [0, 0.1) is 5.82 Å². The zero-order valence-electron chi connectivity index (χ0n) is 15.2. The quantitative estimate of drug-likeness (QED) is 0.438. The molecule has 0 saturated carbocycles. The molecule has 0 spiro atoms. The third-order valence-corrected chi connectivity index (χ3v) is 4.29. The van der Waals surface area contributed by atoms with Crippen molar-refractivity contribution < 1.29 is 9.13 Å². The number of halogens is 1. The molecule has 0 saturated heterocycles. The van der Waals surface area contributed by atoms with E-state index in [0.29, 0.717) is 17.9 Å². The van der Waals surface area contributed by atoms with E-state index in [1.54, 1.807) is 12.3 Å². The van der Waals surface area contributed by atoms with Crippen molar-refractivity contribution in [3.8, 4) is 17.0 Å². The lowest BCUT2D eigenvalue weighted by atomic mass is 10.1. The molecule has 28 heavy (non-hydrogen) atoms. The van der Waals surface area contributed by atoms with Crippen molar-refractivity contribution in [3.63, 3.8) is 0 Å². The van der Waals surface area contributed by atoms with Crippen molar-refractivity contribution in [2.75, 3.05) is 5.32 Å². The van der Waals surface area contributed by atoms with Gasteiger partial charge in [0, 0.05) is 11.3 Å². The summed E-state index contributed by atoms with van der Waals surface area (Å²) < 4.78 is 20.0. The molecule has 4 rings (SSSR count). The van der Waals surface area contributed by atoms with Gasteiger partial charge in [-0.1, -0.05) is 48.5 Å². The highest BCUT2D eigenvalue weighted by Crippen LogP contribution is 2.26. The Hall–Kier alpha value is -3.66. The van der Waals surface area contributed by atoms with Crippen LogP contribution in [0.25, 0.3) is 11.3 Å². The molecular formula is C24H19FN2O. The molecular weight excluding hydrogens is 351 g/mol.